The van der Waals surface area contributed by atoms with Crippen LogP contribution < -0.4 is 20.1 Å². The molecule has 3 aromatic carbocycles. The first-order chi connectivity index (χ1) is 13.4. The fourth-order valence-electron chi connectivity index (χ4n) is 2.73. The van der Waals surface area contributed by atoms with Crippen LogP contribution in [0.1, 0.15) is 10.4 Å². The maximum absolute atomic E-state index is 12.8. The monoisotopic (exact) mass is 478 g/mol. The first kappa shape index (κ1) is 20.4. The summed E-state index contributed by atoms with van der Waals surface area (Å²) < 4.78 is 11.3. The van der Waals surface area contributed by atoms with Crippen LogP contribution in [-0.2, 0) is 0 Å². The summed E-state index contributed by atoms with van der Waals surface area (Å²) in [6.07, 6.45) is 0. The number of carbonyl (C=O) groups excluding carboxylic acids is 1. The zero-order valence-corrected chi connectivity index (χ0v) is 18.2. The van der Waals surface area contributed by atoms with Crippen molar-refractivity contribution in [3.8, 4) is 11.5 Å². The Bertz CT molecular complexity index is 1070. The highest BCUT2D eigenvalue weighted by molar-refractivity contribution is 9.10. The van der Waals surface area contributed by atoms with Crippen molar-refractivity contribution in [3.05, 3.63) is 63.6 Å². The van der Waals surface area contributed by atoms with E-state index in [9.17, 15) is 4.79 Å². The van der Waals surface area contributed by atoms with Gasteiger partial charge in [-0.15, -0.1) is 0 Å². The molecule has 0 saturated carbocycles. The van der Waals surface area contributed by atoms with E-state index in [0.717, 1.165) is 10.8 Å². The van der Waals surface area contributed by atoms with Crippen LogP contribution in [0.15, 0.2) is 53.0 Å². The van der Waals surface area contributed by atoms with Gasteiger partial charge in [-0.25, -0.2) is 0 Å². The van der Waals surface area contributed by atoms with Crippen molar-refractivity contribution in [1.29, 1.82) is 0 Å². The SMILES string of the molecule is COc1ccc(NC(=S)NC(=O)c2cc3ccccc3c(Br)c2OC)cc1Cl. The summed E-state index contributed by atoms with van der Waals surface area (Å²) in [4.78, 5) is 12.8. The zero-order chi connectivity index (χ0) is 20.3. The second-order valence-corrected chi connectivity index (χ2v) is 7.36. The van der Waals surface area contributed by atoms with Crippen molar-refractivity contribution in [3.63, 3.8) is 0 Å². The number of anilines is 1. The minimum absolute atomic E-state index is 0.137. The van der Waals surface area contributed by atoms with Gasteiger partial charge in [-0.1, -0.05) is 35.9 Å². The number of thiocarbonyl (C=S) groups is 1. The van der Waals surface area contributed by atoms with Crippen LogP contribution in [0, 0.1) is 0 Å². The highest BCUT2D eigenvalue weighted by Gasteiger charge is 2.19. The lowest BCUT2D eigenvalue weighted by Crippen LogP contribution is -2.34. The molecule has 0 fully saturated rings. The van der Waals surface area contributed by atoms with Crippen LogP contribution in [0.2, 0.25) is 5.02 Å². The van der Waals surface area contributed by atoms with Gasteiger partial charge in [0.25, 0.3) is 5.91 Å². The van der Waals surface area contributed by atoms with E-state index in [-0.39, 0.29) is 11.0 Å². The second kappa shape index (κ2) is 8.77. The number of benzene rings is 3. The number of ether oxygens (including phenoxy) is 2. The standard InChI is InChI=1S/C20H16BrClN2O3S/c1-26-16-8-7-12(10-15(16)22)23-20(28)24-19(25)14-9-11-5-3-4-6-13(11)17(21)18(14)27-2/h3-10H,1-2H3,(H2,23,24,25,28). The van der Waals surface area contributed by atoms with E-state index in [2.05, 4.69) is 26.6 Å². The molecule has 28 heavy (non-hydrogen) atoms. The Morgan fingerprint density at radius 3 is 2.54 bits per heavy atom. The summed E-state index contributed by atoms with van der Waals surface area (Å²) in [5.41, 5.74) is 0.993. The van der Waals surface area contributed by atoms with E-state index >= 15 is 0 Å². The Hall–Kier alpha value is -2.35. The Kier molecular flexibility index (Phi) is 6.39. The minimum Gasteiger partial charge on any atom is -0.495 e. The van der Waals surface area contributed by atoms with Gasteiger partial charge in [-0.2, -0.15) is 0 Å². The molecule has 3 rings (SSSR count). The van der Waals surface area contributed by atoms with Crippen LogP contribution in [0.5, 0.6) is 11.5 Å². The molecule has 0 radical (unpaired) electrons. The summed E-state index contributed by atoms with van der Waals surface area (Å²) in [7, 11) is 3.05. The fraction of sp³-hybridized carbons (Fsp3) is 0.100. The lowest BCUT2D eigenvalue weighted by Gasteiger charge is -2.15. The normalized spacial score (nSPS) is 10.4. The number of fused-ring (bicyclic) bond motifs is 1. The average molecular weight is 480 g/mol. The van der Waals surface area contributed by atoms with Gasteiger partial charge in [-0.05, 0) is 63.2 Å². The summed E-state index contributed by atoms with van der Waals surface area (Å²) >= 11 is 14.9. The third kappa shape index (κ3) is 4.22. The number of carbonyl (C=O) groups is 1. The Balaban J connectivity index is 1.82. The predicted molar refractivity (Wildman–Crippen MR) is 120 cm³/mol. The average Bonchev–Trinajstić information content (AvgIpc) is 2.68. The highest BCUT2D eigenvalue weighted by atomic mass is 79.9. The summed E-state index contributed by atoms with van der Waals surface area (Å²) in [5, 5.41) is 8.02. The molecule has 1 amide bonds. The number of methoxy groups -OCH3 is 2. The van der Waals surface area contributed by atoms with Crippen molar-refractivity contribution >= 4 is 67.2 Å². The lowest BCUT2D eigenvalue weighted by molar-refractivity contribution is 0.0975. The van der Waals surface area contributed by atoms with Gasteiger partial charge in [-0.3, -0.25) is 10.1 Å². The van der Waals surface area contributed by atoms with Gasteiger partial charge in [0, 0.05) is 5.69 Å². The van der Waals surface area contributed by atoms with E-state index in [1.807, 2.05) is 24.3 Å². The van der Waals surface area contributed by atoms with E-state index in [0.29, 0.717) is 32.2 Å². The fourth-order valence-corrected chi connectivity index (χ4v) is 3.93. The second-order valence-electron chi connectivity index (χ2n) is 5.75. The largest absolute Gasteiger partial charge is 0.495 e. The number of nitrogens with one attached hydrogen (secondary N) is 2. The minimum atomic E-state index is -0.389. The number of amides is 1. The molecule has 0 bridgehead atoms. The molecule has 3 aromatic rings. The lowest BCUT2D eigenvalue weighted by atomic mass is 10.1. The number of hydrogen-bond donors (Lipinski definition) is 2. The molecule has 5 nitrogen and oxygen atoms in total. The molecule has 0 atom stereocenters. The van der Waals surface area contributed by atoms with Crippen molar-refractivity contribution in [1.82, 2.24) is 5.32 Å². The van der Waals surface area contributed by atoms with Gasteiger partial charge < -0.3 is 14.8 Å². The maximum atomic E-state index is 12.8. The third-order valence-electron chi connectivity index (χ3n) is 4.03. The molecule has 0 aliphatic rings. The van der Waals surface area contributed by atoms with Gasteiger partial charge in [0.15, 0.2) is 5.11 Å². The molecule has 0 aromatic heterocycles. The molecule has 0 heterocycles. The molecule has 8 heteroatoms. The Morgan fingerprint density at radius 2 is 1.86 bits per heavy atom. The van der Waals surface area contributed by atoms with Crippen LogP contribution in [0.3, 0.4) is 0 Å². The number of rotatable bonds is 4. The smallest absolute Gasteiger partial charge is 0.261 e. The molecular formula is C20H16BrClN2O3S. The van der Waals surface area contributed by atoms with Crippen LogP contribution >= 0.6 is 39.7 Å². The van der Waals surface area contributed by atoms with E-state index in [1.165, 1.54) is 14.2 Å². The first-order valence-electron chi connectivity index (χ1n) is 8.15. The van der Waals surface area contributed by atoms with E-state index in [1.54, 1.807) is 24.3 Å². The molecule has 0 aliphatic carbocycles. The third-order valence-corrected chi connectivity index (χ3v) is 5.31. The quantitative estimate of drug-likeness (QED) is 0.491. The molecule has 0 saturated heterocycles. The van der Waals surface area contributed by atoms with Crippen LogP contribution in [-0.4, -0.2) is 25.2 Å². The van der Waals surface area contributed by atoms with Crippen molar-refractivity contribution in [2.45, 2.75) is 0 Å². The molecule has 0 unspecified atom stereocenters. The summed E-state index contributed by atoms with van der Waals surface area (Å²) in [6, 6.07) is 14.6. The maximum Gasteiger partial charge on any atom is 0.261 e. The Morgan fingerprint density at radius 1 is 1.11 bits per heavy atom. The van der Waals surface area contributed by atoms with Gasteiger partial charge in [0.1, 0.15) is 11.5 Å². The zero-order valence-electron chi connectivity index (χ0n) is 15.0. The van der Waals surface area contributed by atoms with Crippen molar-refractivity contribution < 1.29 is 14.3 Å². The highest BCUT2D eigenvalue weighted by Crippen LogP contribution is 2.36. The molecular weight excluding hydrogens is 464 g/mol. The van der Waals surface area contributed by atoms with Crippen LogP contribution in [0.25, 0.3) is 10.8 Å². The number of halogens is 2. The topological polar surface area (TPSA) is 59.6 Å². The van der Waals surface area contributed by atoms with Gasteiger partial charge in [0.2, 0.25) is 0 Å². The van der Waals surface area contributed by atoms with Crippen LogP contribution in [0.4, 0.5) is 5.69 Å². The van der Waals surface area contributed by atoms with Crippen molar-refractivity contribution in [2.75, 3.05) is 19.5 Å². The molecule has 0 spiro atoms. The summed E-state index contributed by atoms with van der Waals surface area (Å²) in [5.74, 6) is 0.597. The Labute approximate surface area is 181 Å². The van der Waals surface area contributed by atoms with E-state index < -0.39 is 0 Å². The molecule has 2 N–H and O–H groups in total. The first-order valence-corrected chi connectivity index (χ1v) is 9.73. The molecule has 0 aliphatic heterocycles. The van der Waals surface area contributed by atoms with E-state index in [4.69, 9.17) is 33.3 Å². The number of hydrogen-bond acceptors (Lipinski definition) is 4. The molecule has 144 valence electrons. The van der Waals surface area contributed by atoms with Gasteiger partial charge in [0.05, 0.1) is 29.3 Å². The summed E-state index contributed by atoms with van der Waals surface area (Å²) in [6.45, 7) is 0. The van der Waals surface area contributed by atoms with Crippen molar-refractivity contribution in [2.24, 2.45) is 0 Å². The predicted octanol–water partition coefficient (Wildman–Crippen LogP) is 5.40. The van der Waals surface area contributed by atoms with Gasteiger partial charge >= 0.3 is 0 Å².